The summed E-state index contributed by atoms with van der Waals surface area (Å²) in [6.07, 6.45) is 3.89. The largest absolute Gasteiger partial charge is 0.369 e. The first-order valence-corrected chi connectivity index (χ1v) is 6.38. The zero-order chi connectivity index (χ0) is 12.8. The molecular formula is C13H20N4O. The molecule has 1 amide bonds. The average Bonchev–Trinajstić information content (AvgIpc) is 2.40. The molecule has 0 aromatic carbocycles. The molecule has 2 heterocycles. The Morgan fingerprint density at radius 2 is 2.22 bits per heavy atom. The third kappa shape index (κ3) is 3.78. The van der Waals surface area contributed by atoms with Crippen molar-refractivity contribution >= 4 is 5.91 Å². The molecule has 5 nitrogen and oxygen atoms in total. The van der Waals surface area contributed by atoms with Gasteiger partial charge in [0.15, 0.2) is 0 Å². The molecule has 98 valence electrons. The molecular weight excluding hydrogens is 228 g/mol. The molecule has 5 heteroatoms. The molecule has 1 aliphatic rings. The Balaban J connectivity index is 2.02. The van der Waals surface area contributed by atoms with Gasteiger partial charge in [0.1, 0.15) is 0 Å². The molecule has 2 rings (SSSR count). The van der Waals surface area contributed by atoms with Crippen LogP contribution in [0.15, 0.2) is 24.4 Å². The normalized spacial score (nSPS) is 16.9. The van der Waals surface area contributed by atoms with Crippen LogP contribution >= 0.6 is 0 Å². The van der Waals surface area contributed by atoms with Gasteiger partial charge in [-0.3, -0.25) is 14.7 Å². The van der Waals surface area contributed by atoms with Crippen molar-refractivity contribution in [3.63, 3.8) is 0 Å². The summed E-state index contributed by atoms with van der Waals surface area (Å²) in [4.78, 5) is 17.6. The number of piperidine rings is 1. The highest BCUT2D eigenvalue weighted by Gasteiger charge is 2.22. The highest BCUT2D eigenvalue weighted by atomic mass is 16.1. The number of hydrogen-bond acceptors (Lipinski definition) is 4. The lowest BCUT2D eigenvalue weighted by molar-refractivity contribution is -0.120. The van der Waals surface area contributed by atoms with Crippen molar-refractivity contribution in [3.8, 4) is 0 Å². The van der Waals surface area contributed by atoms with Gasteiger partial charge in [-0.15, -0.1) is 0 Å². The van der Waals surface area contributed by atoms with Crippen molar-refractivity contribution in [1.82, 2.24) is 15.2 Å². The molecule has 18 heavy (non-hydrogen) atoms. The zero-order valence-electron chi connectivity index (χ0n) is 10.5. The predicted octanol–water partition coefficient (Wildman–Crippen LogP) is 0.121. The minimum atomic E-state index is -0.274. The highest BCUT2D eigenvalue weighted by Crippen LogP contribution is 2.14. The fraction of sp³-hybridized carbons (Fsp3) is 0.538. The third-order valence-electron chi connectivity index (χ3n) is 3.28. The summed E-state index contributed by atoms with van der Waals surface area (Å²) in [6.45, 7) is 3.00. The quantitative estimate of drug-likeness (QED) is 0.776. The van der Waals surface area contributed by atoms with Crippen LogP contribution in [0.3, 0.4) is 0 Å². The summed E-state index contributed by atoms with van der Waals surface area (Å²) in [5, 5.41) is 3.33. The molecule has 0 unspecified atom stereocenters. The van der Waals surface area contributed by atoms with E-state index in [0.717, 1.165) is 31.6 Å². The van der Waals surface area contributed by atoms with Crippen LogP contribution in [0.2, 0.25) is 0 Å². The predicted molar refractivity (Wildman–Crippen MR) is 69.7 cm³/mol. The van der Waals surface area contributed by atoms with E-state index in [-0.39, 0.29) is 5.91 Å². The molecule has 0 aliphatic carbocycles. The van der Waals surface area contributed by atoms with Gasteiger partial charge in [-0.05, 0) is 38.1 Å². The first kappa shape index (κ1) is 13.0. The first-order valence-electron chi connectivity index (χ1n) is 6.38. The van der Waals surface area contributed by atoms with Gasteiger partial charge in [0.2, 0.25) is 5.91 Å². The van der Waals surface area contributed by atoms with Crippen molar-refractivity contribution in [2.75, 3.05) is 19.6 Å². The van der Waals surface area contributed by atoms with Crippen LogP contribution in [-0.2, 0) is 11.3 Å². The molecule has 1 fully saturated rings. The Bertz CT molecular complexity index is 376. The Morgan fingerprint density at radius 3 is 2.83 bits per heavy atom. The van der Waals surface area contributed by atoms with Gasteiger partial charge in [0, 0.05) is 18.8 Å². The number of carbonyl (C=O) groups excluding carboxylic acids is 1. The number of aromatic nitrogens is 1. The van der Waals surface area contributed by atoms with Crippen molar-refractivity contribution < 1.29 is 4.79 Å². The van der Waals surface area contributed by atoms with Gasteiger partial charge in [-0.1, -0.05) is 6.07 Å². The lowest BCUT2D eigenvalue weighted by atomic mass is 10.0. The molecule has 1 aromatic rings. The van der Waals surface area contributed by atoms with Crippen molar-refractivity contribution in [2.24, 2.45) is 5.73 Å². The third-order valence-corrected chi connectivity index (χ3v) is 3.28. The monoisotopic (exact) mass is 248 g/mol. The molecule has 1 aromatic heterocycles. The van der Waals surface area contributed by atoms with Crippen LogP contribution in [0, 0.1) is 0 Å². The van der Waals surface area contributed by atoms with Crippen molar-refractivity contribution in [2.45, 2.75) is 25.4 Å². The molecule has 1 saturated heterocycles. The Labute approximate surface area is 107 Å². The average molecular weight is 248 g/mol. The lowest BCUT2D eigenvalue weighted by Crippen LogP contribution is -2.46. The maximum Gasteiger partial charge on any atom is 0.231 e. The number of amides is 1. The van der Waals surface area contributed by atoms with Crippen LogP contribution in [0.25, 0.3) is 0 Å². The molecule has 1 aliphatic heterocycles. The lowest BCUT2D eigenvalue weighted by Gasteiger charge is -2.33. The molecule has 0 bridgehead atoms. The van der Waals surface area contributed by atoms with Crippen molar-refractivity contribution in [3.05, 3.63) is 30.1 Å². The van der Waals surface area contributed by atoms with Crippen LogP contribution in [0.5, 0.6) is 0 Å². The molecule has 0 spiro atoms. The number of pyridine rings is 1. The molecule has 3 N–H and O–H groups in total. The Morgan fingerprint density at radius 1 is 1.44 bits per heavy atom. The van der Waals surface area contributed by atoms with Gasteiger partial charge in [-0.25, -0.2) is 0 Å². The second-order valence-electron chi connectivity index (χ2n) is 4.67. The van der Waals surface area contributed by atoms with Gasteiger partial charge < -0.3 is 11.1 Å². The summed E-state index contributed by atoms with van der Waals surface area (Å²) in [5.74, 6) is -0.274. The molecule has 0 saturated carbocycles. The van der Waals surface area contributed by atoms with Gasteiger partial charge >= 0.3 is 0 Å². The molecule has 0 radical (unpaired) electrons. The van der Waals surface area contributed by atoms with E-state index in [9.17, 15) is 4.79 Å². The maximum absolute atomic E-state index is 11.2. The van der Waals surface area contributed by atoms with Crippen LogP contribution in [0.4, 0.5) is 0 Å². The number of primary amides is 1. The minimum Gasteiger partial charge on any atom is -0.369 e. The summed E-state index contributed by atoms with van der Waals surface area (Å²) in [5.41, 5.74) is 6.32. The Kier molecular flexibility index (Phi) is 4.66. The van der Waals surface area contributed by atoms with Crippen LogP contribution in [-0.4, -0.2) is 41.5 Å². The van der Waals surface area contributed by atoms with E-state index in [1.54, 1.807) is 6.20 Å². The SMILES string of the molecule is NC(=O)CN(Cc1ccccn1)C1CCNCC1. The summed E-state index contributed by atoms with van der Waals surface area (Å²) >= 11 is 0. The fourth-order valence-corrected chi connectivity index (χ4v) is 2.39. The fourth-order valence-electron chi connectivity index (χ4n) is 2.39. The number of rotatable bonds is 5. The minimum absolute atomic E-state index is 0.274. The van der Waals surface area contributed by atoms with E-state index in [0.29, 0.717) is 19.1 Å². The highest BCUT2D eigenvalue weighted by molar-refractivity contribution is 5.75. The first-order chi connectivity index (χ1) is 8.75. The van der Waals surface area contributed by atoms with Gasteiger partial charge in [0.05, 0.1) is 12.2 Å². The topological polar surface area (TPSA) is 71.2 Å². The van der Waals surface area contributed by atoms with E-state index in [2.05, 4.69) is 15.2 Å². The van der Waals surface area contributed by atoms with Gasteiger partial charge in [0.25, 0.3) is 0 Å². The van der Waals surface area contributed by atoms with E-state index < -0.39 is 0 Å². The van der Waals surface area contributed by atoms with Crippen molar-refractivity contribution in [1.29, 1.82) is 0 Å². The second kappa shape index (κ2) is 6.47. The number of nitrogens with zero attached hydrogens (tertiary/aromatic N) is 2. The number of nitrogens with one attached hydrogen (secondary N) is 1. The van der Waals surface area contributed by atoms with Crippen LogP contribution < -0.4 is 11.1 Å². The summed E-state index contributed by atoms with van der Waals surface area (Å²) in [6, 6.07) is 6.26. The van der Waals surface area contributed by atoms with E-state index in [1.165, 1.54) is 0 Å². The number of nitrogens with two attached hydrogens (primary N) is 1. The van der Waals surface area contributed by atoms with Gasteiger partial charge in [-0.2, -0.15) is 0 Å². The standard InChI is InChI=1S/C13H20N4O/c14-13(18)10-17(12-4-7-15-8-5-12)9-11-3-1-2-6-16-11/h1-3,6,12,15H,4-5,7-10H2,(H2,14,18). The van der Waals surface area contributed by atoms with Crippen LogP contribution in [0.1, 0.15) is 18.5 Å². The smallest absolute Gasteiger partial charge is 0.231 e. The summed E-state index contributed by atoms with van der Waals surface area (Å²) < 4.78 is 0. The van der Waals surface area contributed by atoms with E-state index in [1.807, 2.05) is 18.2 Å². The van der Waals surface area contributed by atoms with E-state index in [4.69, 9.17) is 5.73 Å². The Hall–Kier alpha value is -1.46. The molecule has 0 atom stereocenters. The number of hydrogen-bond donors (Lipinski definition) is 2. The van der Waals surface area contributed by atoms with E-state index >= 15 is 0 Å². The maximum atomic E-state index is 11.2. The summed E-state index contributed by atoms with van der Waals surface area (Å²) in [7, 11) is 0. The second-order valence-corrected chi connectivity index (χ2v) is 4.67. The number of carbonyl (C=O) groups is 1. The zero-order valence-corrected chi connectivity index (χ0v) is 10.5.